The minimum absolute atomic E-state index is 0.0647. The molecule has 4 N–H and O–H groups in total. The SMILES string of the molecule is O=C(O)CN1C(=O)C(N[C@@H](CCCCC2CCNCC2)C(=O)O)COc2ccccc21. The van der Waals surface area contributed by atoms with Gasteiger partial charge in [-0.15, -0.1) is 0 Å². The molecule has 31 heavy (non-hydrogen) atoms. The lowest BCUT2D eigenvalue weighted by Crippen LogP contribution is -2.54. The number of carbonyl (C=O) groups excluding carboxylic acids is 1. The third-order valence-corrected chi connectivity index (χ3v) is 5.93. The average molecular weight is 434 g/mol. The molecule has 0 radical (unpaired) electrons. The van der Waals surface area contributed by atoms with Gasteiger partial charge in [-0.2, -0.15) is 0 Å². The number of anilines is 1. The molecule has 0 bridgehead atoms. The Labute approximate surface area is 181 Å². The molecule has 170 valence electrons. The van der Waals surface area contributed by atoms with E-state index in [-0.39, 0.29) is 6.61 Å². The number of fused-ring (bicyclic) bond motifs is 1. The number of nitrogens with zero attached hydrogens (tertiary/aromatic N) is 1. The summed E-state index contributed by atoms with van der Waals surface area (Å²) in [6.45, 7) is 1.50. The smallest absolute Gasteiger partial charge is 0.323 e. The minimum atomic E-state index is -1.16. The second-order valence-corrected chi connectivity index (χ2v) is 8.18. The van der Waals surface area contributed by atoms with E-state index in [2.05, 4.69) is 10.6 Å². The zero-order chi connectivity index (χ0) is 22.2. The summed E-state index contributed by atoms with van der Waals surface area (Å²) in [7, 11) is 0. The van der Waals surface area contributed by atoms with Crippen LogP contribution in [-0.4, -0.2) is 66.4 Å². The molecule has 2 heterocycles. The van der Waals surface area contributed by atoms with Crippen LogP contribution in [0.2, 0.25) is 0 Å². The summed E-state index contributed by atoms with van der Waals surface area (Å²) < 4.78 is 5.71. The van der Waals surface area contributed by atoms with Gasteiger partial charge in [0.15, 0.2) is 0 Å². The van der Waals surface area contributed by atoms with Crippen LogP contribution in [0.3, 0.4) is 0 Å². The van der Waals surface area contributed by atoms with E-state index >= 15 is 0 Å². The predicted molar refractivity (Wildman–Crippen MR) is 114 cm³/mol. The maximum atomic E-state index is 13.1. The molecule has 2 aliphatic heterocycles. The van der Waals surface area contributed by atoms with Crippen molar-refractivity contribution in [3.05, 3.63) is 24.3 Å². The molecule has 1 fully saturated rings. The van der Waals surface area contributed by atoms with Gasteiger partial charge in [-0.3, -0.25) is 24.6 Å². The summed E-state index contributed by atoms with van der Waals surface area (Å²) in [5.41, 5.74) is 0.369. The Morgan fingerprint density at radius 1 is 1.19 bits per heavy atom. The number of piperidine rings is 1. The van der Waals surface area contributed by atoms with Gasteiger partial charge >= 0.3 is 11.9 Å². The van der Waals surface area contributed by atoms with Crippen molar-refractivity contribution in [2.45, 2.75) is 50.6 Å². The molecule has 9 nitrogen and oxygen atoms in total. The molecule has 1 aromatic rings. The van der Waals surface area contributed by atoms with Gasteiger partial charge in [-0.1, -0.05) is 31.4 Å². The summed E-state index contributed by atoms with van der Waals surface area (Å²) >= 11 is 0. The molecule has 0 saturated carbocycles. The molecule has 1 saturated heterocycles. The lowest BCUT2D eigenvalue weighted by atomic mass is 9.92. The van der Waals surface area contributed by atoms with Crippen LogP contribution in [0.25, 0.3) is 0 Å². The number of carboxylic acids is 2. The summed E-state index contributed by atoms with van der Waals surface area (Å²) in [6, 6.07) is 4.86. The fraction of sp³-hybridized carbons (Fsp3) is 0.591. The molecule has 1 amide bonds. The van der Waals surface area contributed by atoms with E-state index in [1.807, 2.05) is 0 Å². The average Bonchev–Trinajstić information content (AvgIpc) is 2.88. The van der Waals surface area contributed by atoms with Crippen molar-refractivity contribution in [3.63, 3.8) is 0 Å². The van der Waals surface area contributed by atoms with E-state index in [0.29, 0.717) is 23.8 Å². The number of unbranched alkanes of at least 4 members (excludes halogenated alkanes) is 1. The Morgan fingerprint density at radius 2 is 1.94 bits per heavy atom. The molecule has 0 spiro atoms. The highest BCUT2D eigenvalue weighted by atomic mass is 16.5. The summed E-state index contributed by atoms with van der Waals surface area (Å²) in [5, 5.41) is 25.2. The van der Waals surface area contributed by atoms with Crippen LogP contribution in [0.1, 0.15) is 38.5 Å². The third kappa shape index (κ3) is 6.41. The van der Waals surface area contributed by atoms with Gasteiger partial charge in [-0.05, 0) is 50.4 Å². The first kappa shape index (κ1) is 23.0. The van der Waals surface area contributed by atoms with Crippen LogP contribution in [0.5, 0.6) is 5.75 Å². The number of nitrogens with one attached hydrogen (secondary N) is 2. The molecule has 1 aromatic carbocycles. The van der Waals surface area contributed by atoms with Crippen molar-refractivity contribution in [2.24, 2.45) is 5.92 Å². The highest BCUT2D eigenvalue weighted by molar-refractivity contribution is 6.02. The molecule has 1 unspecified atom stereocenters. The summed E-state index contributed by atoms with van der Waals surface area (Å²) in [6.07, 6.45) is 5.50. The first-order valence-corrected chi connectivity index (χ1v) is 10.9. The normalized spacial score (nSPS) is 20.5. The Kier molecular flexibility index (Phi) is 8.25. The third-order valence-electron chi connectivity index (χ3n) is 5.93. The number of rotatable bonds is 10. The maximum absolute atomic E-state index is 13.1. The molecule has 2 atom stereocenters. The topological polar surface area (TPSA) is 128 Å². The zero-order valence-corrected chi connectivity index (χ0v) is 17.6. The van der Waals surface area contributed by atoms with Gasteiger partial charge in [-0.25, -0.2) is 0 Å². The lowest BCUT2D eigenvalue weighted by molar-refractivity contribution is -0.141. The number of amides is 1. The van der Waals surface area contributed by atoms with E-state index in [9.17, 15) is 24.6 Å². The van der Waals surface area contributed by atoms with Gasteiger partial charge in [0.2, 0.25) is 5.91 Å². The molecule has 9 heteroatoms. The number of aliphatic carboxylic acids is 2. The standard InChI is InChI=1S/C22H31N3O6/c26-20(27)13-25-18-7-3-4-8-19(18)31-14-17(21(25)28)24-16(22(29)30)6-2-1-5-15-9-11-23-12-10-15/h3-4,7-8,15-17,23-24H,1-2,5-6,9-14H2,(H,26,27)(H,29,30)/t16-,17?/m0/s1. The Morgan fingerprint density at radius 3 is 2.65 bits per heavy atom. The van der Waals surface area contributed by atoms with Crippen molar-refractivity contribution in [3.8, 4) is 5.75 Å². The van der Waals surface area contributed by atoms with E-state index in [1.165, 1.54) is 0 Å². The monoisotopic (exact) mass is 433 g/mol. The van der Waals surface area contributed by atoms with Crippen molar-refractivity contribution in [2.75, 3.05) is 31.1 Å². The highest BCUT2D eigenvalue weighted by Gasteiger charge is 2.35. The maximum Gasteiger partial charge on any atom is 0.323 e. The van der Waals surface area contributed by atoms with Crippen LogP contribution in [0.4, 0.5) is 5.69 Å². The molecule has 0 aliphatic carbocycles. The number of carboxylic acid groups (broad SMARTS) is 2. The van der Waals surface area contributed by atoms with Crippen LogP contribution < -0.4 is 20.3 Å². The largest absolute Gasteiger partial charge is 0.489 e. The second-order valence-electron chi connectivity index (χ2n) is 8.18. The molecular formula is C22H31N3O6. The number of ether oxygens (including phenoxy) is 1. The van der Waals surface area contributed by atoms with Crippen molar-refractivity contribution in [1.29, 1.82) is 0 Å². The number of benzene rings is 1. The van der Waals surface area contributed by atoms with E-state index < -0.39 is 36.5 Å². The first-order valence-electron chi connectivity index (χ1n) is 10.9. The van der Waals surface area contributed by atoms with Crippen LogP contribution >= 0.6 is 0 Å². The molecule has 2 aliphatic rings. The predicted octanol–water partition coefficient (Wildman–Crippen LogP) is 1.47. The summed E-state index contributed by atoms with van der Waals surface area (Å²) in [4.78, 5) is 37.3. The van der Waals surface area contributed by atoms with Crippen molar-refractivity contribution in [1.82, 2.24) is 10.6 Å². The van der Waals surface area contributed by atoms with Gasteiger partial charge in [0, 0.05) is 0 Å². The van der Waals surface area contributed by atoms with Crippen LogP contribution in [0, 0.1) is 5.92 Å². The molecule has 3 rings (SSSR count). The lowest BCUT2D eigenvalue weighted by Gasteiger charge is -2.25. The van der Waals surface area contributed by atoms with Crippen LogP contribution in [-0.2, 0) is 14.4 Å². The highest BCUT2D eigenvalue weighted by Crippen LogP contribution is 2.31. The van der Waals surface area contributed by atoms with Crippen molar-refractivity contribution < 1.29 is 29.3 Å². The Hall–Kier alpha value is -2.65. The minimum Gasteiger partial charge on any atom is -0.489 e. The first-order chi connectivity index (χ1) is 15.0. The van der Waals surface area contributed by atoms with Gasteiger partial charge < -0.3 is 20.3 Å². The quantitative estimate of drug-likeness (QED) is 0.409. The number of carbonyl (C=O) groups is 3. The van der Waals surface area contributed by atoms with E-state index in [0.717, 1.165) is 50.1 Å². The Balaban J connectivity index is 1.60. The summed E-state index contributed by atoms with van der Waals surface area (Å²) in [5.74, 6) is -1.60. The number of hydrogen-bond donors (Lipinski definition) is 4. The fourth-order valence-corrected chi connectivity index (χ4v) is 4.24. The van der Waals surface area contributed by atoms with E-state index in [1.54, 1.807) is 24.3 Å². The van der Waals surface area contributed by atoms with Gasteiger partial charge in [0.05, 0.1) is 5.69 Å². The molecule has 0 aromatic heterocycles. The number of para-hydroxylation sites is 2. The zero-order valence-electron chi connectivity index (χ0n) is 17.6. The fourth-order valence-electron chi connectivity index (χ4n) is 4.24. The molecular weight excluding hydrogens is 402 g/mol. The van der Waals surface area contributed by atoms with Crippen molar-refractivity contribution >= 4 is 23.5 Å². The van der Waals surface area contributed by atoms with Gasteiger partial charge in [0.1, 0.15) is 31.0 Å². The Bertz CT molecular complexity index is 780. The second kappa shape index (κ2) is 11.1. The van der Waals surface area contributed by atoms with E-state index in [4.69, 9.17) is 4.74 Å². The van der Waals surface area contributed by atoms with Gasteiger partial charge in [0.25, 0.3) is 0 Å². The van der Waals surface area contributed by atoms with Crippen LogP contribution in [0.15, 0.2) is 24.3 Å². The number of hydrogen-bond acceptors (Lipinski definition) is 6.